The summed E-state index contributed by atoms with van der Waals surface area (Å²) in [6.45, 7) is 3.11. The van der Waals surface area contributed by atoms with Crippen molar-refractivity contribution in [3.8, 4) is 0 Å². The van der Waals surface area contributed by atoms with E-state index in [0.717, 1.165) is 19.4 Å². The Labute approximate surface area is 89.9 Å². The Bertz CT molecular complexity index is 351. The van der Waals surface area contributed by atoms with Crippen molar-refractivity contribution in [2.45, 2.75) is 32.2 Å². The lowest BCUT2D eigenvalue weighted by Crippen LogP contribution is -2.29. The summed E-state index contributed by atoms with van der Waals surface area (Å²) in [4.78, 5) is 2.16. The van der Waals surface area contributed by atoms with Crippen LogP contribution in [0.3, 0.4) is 0 Å². The zero-order valence-electron chi connectivity index (χ0n) is 9.04. The summed E-state index contributed by atoms with van der Waals surface area (Å²) in [6.07, 6.45) is 3.40. The van der Waals surface area contributed by atoms with Crippen LogP contribution in [0.1, 0.15) is 26.2 Å². The molecule has 15 heavy (non-hydrogen) atoms. The highest BCUT2D eigenvalue weighted by molar-refractivity contribution is 5.55. The van der Waals surface area contributed by atoms with E-state index in [1.807, 2.05) is 0 Å². The smallest absolute Gasteiger partial charge is 0.148 e. The van der Waals surface area contributed by atoms with E-state index in [2.05, 4.69) is 11.8 Å². The van der Waals surface area contributed by atoms with E-state index in [1.165, 1.54) is 12.5 Å². The molecule has 0 aliphatic carbocycles. The van der Waals surface area contributed by atoms with Crippen molar-refractivity contribution < 1.29 is 4.39 Å². The van der Waals surface area contributed by atoms with E-state index in [9.17, 15) is 4.39 Å². The minimum Gasteiger partial charge on any atom is -0.399 e. The Morgan fingerprint density at radius 2 is 2.33 bits per heavy atom. The molecule has 1 unspecified atom stereocenters. The normalized spacial score (nSPS) is 20.9. The zero-order chi connectivity index (χ0) is 10.8. The molecule has 1 aliphatic heterocycles. The number of halogens is 1. The largest absolute Gasteiger partial charge is 0.399 e. The van der Waals surface area contributed by atoms with Crippen LogP contribution in [0.5, 0.6) is 0 Å². The molecule has 1 aromatic carbocycles. The first-order chi connectivity index (χ1) is 7.22. The third-order valence-electron chi connectivity index (χ3n) is 3.13. The maximum Gasteiger partial charge on any atom is 0.148 e. The molecule has 0 saturated carbocycles. The zero-order valence-corrected chi connectivity index (χ0v) is 9.04. The first kappa shape index (κ1) is 10.3. The lowest BCUT2D eigenvalue weighted by molar-refractivity contribution is 0.597. The topological polar surface area (TPSA) is 29.3 Å². The maximum absolute atomic E-state index is 13.7. The summed E-state index contributed by atoms with van der Waals surface area (Å²) in [6, 6.07) is 5.45. The highest BCUT2D eigenvalue weighted by Crippen LogP contribution is 2.30. The van der Waals surface area contributed by atoms with Gasteiger partial charge in [-0.15, -0.1) is 0 Å². The molecule has 1 aromatic rings. The molecule has 0 aromatic heterocycles. The number of hydrogen-bond donors (Lipinski definition) is 1. The standard InChI is InChI=1S/C12H17FN2/c1-2-10-4-3-7-15(10)12-6-5-9(14)8-11(12)13/h5-6,8,10H,2-4,7,14H2,1H3. The van der Waals surface area contributed by atoms with Crippen molar-refractivity contribution in [1.82, 2.24) is 0 Å². The van der Waals surface area contributed by atoms with Crippen molar-refractivity contribution in [2.75, 3.05) is 17.2 Å². The Morgan fingerprint density at radius 3 is 3.00 bits per heavy atom. The molecule has 0 amide bonds. The van der Waals surface area contributed by atoms with Crippen molar-refractivity contribution in [3.63, 3.8) is 0 Å². The number of nitrogens with zero attached hydrogens (tertiary/aromatic N) is 1. The highest BCUT2D eigenvalue weighted by atomic mass is 19.1. The summed E-state index contributed by atoms with van der Waals surface area (Å²) in [5.74, 6) is -0.199. The van der Waals surface area contributed by atoms with Crippen LogP contribution in [0.25, 0.3) is 0 Å². The second kappa shape index (κ2) is 4.09. The molecule has 0 radical (unpaired) electrons. The number of rotatable bonds is 2. The molecule has 2 rings (SSSR count). The van der Waals surface area contributed by atoms with Gasteiger partial charge in [0, 0.05) is 18.3 Å². The first-order valence-electron chi connectivity index (χ1n) is 5.54. The number of anilines is 2. The van der Waals surface area contributed by atoms with E-state index in [4.69, 9.17) is 5.73 Å². The molecule has 1 atom stereocenters. The molecule has 2 nitrogen and oxygen atoms in total. The molecule has 1 saturated heterocycles. The highest BCUT2D eigenvalue weighted by Gasteiger charge is 2.24. The first-order valence-corrected chi connectivity index (χ1v) is 5.54. The summed E-state index contributed by atoms with van der Waals surface area (Å²) in [5.41, 5.74) is 6.73. The molecule has 1 heterocycles. The number of nitrogen functional groups attached to an aromatic ring is 1. The fraction of sp³-hybridized carbons (Fsp3) is 0.500. The van der Waals surface area contributed by atoms with E-state index in [1.54, 1.807) is 12.1 Å². The van der Waals surface area contributed by atoms with Gasteiger partial charge in [-0.05, 0) is 37.5 Å². The molecule has 1 fully saturated rings. The molecular formula is C12H17FN2. The van der Waals surface area contributed by atoms with Crippen molar-refractivity contribution in [2.24, 2.45) is 0 Å². The van der Waals surface area contributed by atoms with Gasteiger partial charge in [0.15, 0.2) is 0 Å². The summed E-state index contributed by atoms with van der Waals surface area (Å²) < 4.78 is 13.7. The summed E-state index contributed by atoms with van der Waals surface area (Å²) in [7, 11) is 0. The van der Waals surface area contributed by atoms with Gasteiger partial charge in [0.2, 0.25) is 0 Å². The molecule has 0 spiro atoms. The number of nitrogens with two attached hydrogens (primary N) is 1. The lowest BCUT2D eigenvalue weighted by Gasteiger charge is -2.26. The van der Waals surface area contributed by atoms with Gasteiger partial charge in [0.1, 0.15) is 5.82 Å². The average molecular weight is 208 g/mol. The van der Waals surface area contributed by atoms with Crippen LogP contribution < -0.4 is 10.6 Å². The van der Waals surface area contributed by atoms with Gasteiger partial charge in [0.25, 0.3) is 0 Å². The monoisotopic (exact) mass is 208 g/mol. The van der Waals surface area contributed by atoms with Gasteiger partial charge in [0.05, 0.1) is 5.69 Å². The second-order valence-electron chi connectivity index (χ2n) is 4.11. The Morgan fingerprint density at radius 1 is 1.53 bits per heavy atom. The van der Waals surface area contributed by atoms with Crippen molar-refractivity contribution >= 4 is 11.4 Å². The predicted molar refractivity (Wildman–Crippen MR) is 61.5 cm³/mol. The predicted octanol–water partition coefficient (Wildman–Crippen LogP) is 2.79. The molecular weight excluding hydrogens is 191 g/mol. The summed E-state index contributed by atoms with van der Waals surface area (Å²) >= 11 is 0. The molecule has 1 aliphatic rings. The van der Waals surface area contributed by atoms with Crippen LogP contribution in [-0.4, -0.2) is 12.6 Å². The molecule has 0 bridgehead atoms. The van der Waals surface area contributed by atoms with Crippen LogP contribution in [-0.2, 0) is 0 Å². The van der Waals surface area contributed by atoms with Crippen LogP contribution >= 0.6 is 0 Å². The Hall–Kier alpha value is -1.25. The van der Waals surface area contributed by atoms with E-state index in [0.29, 0.717) is 17.4 Å². The molecule has 3 heteroatoms. The summed E-state index contributed by atoms with van der Waals surface area (Å²) in [5, 5.41) is 0. The lowest BCUT2D eigenvalue weighted by atomic mass is 10.1. The van der Waals surface area contributed by atoms with Crippen LogP contribution in [0, 0.1) is 5.82 Å². The number of benzene rings is 1. The van der Waals surface area contributed by atoms with E-state index < -0.39 is 0 Å². The quantitative estimate of drug-likeness (QED) is 0.757. The third kappa shape index (κ3) is 1.91. The van der Waals surface area contributed by atoms with Crippen molar-refractivity contribution in [3.05, 3.63) is 24.0 Å². The van der Waals surface area contributed by atoms with Gasteiger partial charge >= 0.3 is 0 Å². The molecule has 2 N–H and O–H groups in total. The Kier molecular flexibility index (Phi) is 2.80. The van der Waals surface area contributed by atoms with Gasteiger partial charge in [-0.3, -0.25) is 0 Å². The molecule has 82 valence electrons. The fourth-order valence-electron chi connectivity index (χ4n) is 2.33. The number of hydrogen-bond acceptors (Lipinski definition) is 2. The van der Waals surface area contributed by atoms with Gasteiger partial charge in [-0.1, -0.05) is 6.92 Å². The van der Waals surface area contributed by atoms with Gasteiger partial charge in [-0.2, -0.15) is 0 Å². The van der Waals surface area contributed by atoms with Crippen LogP contribution in [0.15, 0.2) is 18.2 Å². The van der Waals surface area contributed by atoms with Crippen LogP contribution in [0.2, 0.25) is 0 Å². The van der Waals surface area contributed by atoms with Gasteiger partial charge < -0.3 is 10.6 Å². The van der Waals surface area contributed by atoms with Crippen molar-refractivity contribution in [1.29, 1.82) is 0 Å². The second-order valence-corrected chi connectivity index (χ2v) is 4.11. The Balaban J connectivity index is 2.28. The minimum atomic E-state index is -0.199. The van der Waals surface area contributed by atoms with Crippen LogP contribution in [0.4, 0.5) is 15.8 Å². The maximum atomic E-state index is 13.7. The fourth-order valence-corrected chi connectivity index (χ4v) is 2.33. The van der Waals surface area contributed by atoms with E-state index >= 15 is 0 Å². The average Bonchev–Trinajstić information content (AvgIpc) is 2.65. The van der Waals surface area contributed by atoms with E-state index in [-0.39, 0.29) is 5.82 Å². The van der Waals surface area contributed by atoms with Gasteiger partial charge in [-0.25, -0.2) is 4.39 Å². The minimum absolute atomic E-state index is 0.199. The third-order valence-corrected chi connectivity index (χ3v) is 3.13. The SMILES string of the molecule is CCC1CCCN1c1ccc(N)cc1F.